The van der Waals surface area contributed by atoms with Gasteiger partial charge in [-0.1, -0.05) is 6.92 Å². The molecular formula is C12H17IOS. The lowest BCUT2D eigenvalue weighted by atomic mass is 10.1. The van der Waals surface area contributed by atoms with Crippen molar-refractivity contribution in [2.45, 2.75) is 19.8 Å². The zero-order chi connectivity index (χ0) is 11.1. The maximum atomic E-state index is 5.65. The minimum absolute atomic E-state index is 0.700. The Bertz CT molecular complexity index is 273. The van der Waals surface area contributed by atoms with Crippen molar-refractivity contribution in [2.24, 2.45) is 5.92 Å². The van der Waals surface area contributed by atoms with Crippen LogP contribution in [0.15, 0.2) is 24.3 Å². The lowest BCUT2D eigenvalue weighted by molar-refractivity contribution is 0.282. The SMILES string of the molecule is CC(CCS)CCOc1ccc(I)cc1. The predicted molar refractivity (Wildman–Crippen MR) is 76.9 cm³/mol. The molecule has 1 aromatic rings. The van der Waals surface area contributed by atoms with Gasteiger partial charge in [-0.05, 0) is 71.4 Å². The molecule has 0 saturated carbocycles. The summed E-state index contributed by atoms with van der Waals surface area (Å²) in [5.41, 5.74) is 0. The summed E-state index contributed by atoms with van der Waals surface area (Å²) < 4.78 is 6.89. The minimum Gasteiger partial charge on any atom is -0.494 e. The van der Waals surface area contributed by atoms with Gasteiger partial charge in [0.05, 0.1) is 6.61 Å². The van der Waals surface area contributed by atoms with Gasteiger partial charge >= 0.3 is 0 Å². The van der Waals surface area contributed by atoms with Gasteiger partial charge in [-0.3, -0.25) is 0 Å². The van der Waals surface area contributed by atoms with Crippen molar-refractivity contribution in [2.75, 3.05) is 12.4 Å². The predicted octanol–water partition coefficient (Wildman–Crippen LogP) is 4.02. The van der Waals surface area contributed by atoms with Gasteiger partial charge in [0, 0.05) is 3.57 Å². The molecule has 1 atom stereocenters. The first-order valence-corrected chi connectivity index (χ1v) is 6.92. The average molecular weight is 336 g/mol. The van der Waals surface area contributed by atoms with Crippen molar-refractivity contribution < 1.29 is 4.74 Å². The number of hydrogen-bond acceptors (Lipinski definition) is 2. The van der Waals surface area contributed by atoms with E-state index in [-0.39, 0.29) is 0 Å². The lowest BCUT2D eigenvalue weighted by Gasteiger charge is -2.10. The molecule has 3 heteroatoms. The molecule has 0 bridgehead atoms. The highest BCUT2D eigenvalue weighted by molar-refractivity contribution is 14.1. The van der Waals surface area contributed by atoms with Crippen LogP contribution in [0.1, 0.15) is 19.8 Å². The molecule has 0 radical (unpaired) electrons. The summed E-state index contributed by atoms with van der Waals surface area (Å²) in [6.45, 7) is 3.04. The third-order valence-electron chi connectivity index (χ3n) is 2.31. The maximum Gasteiger partial charge on any atom is 0.119 e. The number of hydrogen-bond donors (Lipinski definition) is 1. The van der Waals surface area contributed by atoms with Crippen LogP contribution in [0.2, 0.25) is 0 Å². The summed E-state index contributed by atoms with van der Waals surface area (Å²) >= 11 is 6.51. The second-order valence-corrected chi connectivity index (χ2v) is 5.40. The van der Waals surface area contributed by atoms with Crippen LogP contribution in [0.3, 0.4) is 0 Å². The van der Waals surface area contributed by atoms with Crippen molar-refractivity contribution >= 4 is 35.2 Å². The second-order valence-electron chi connectivity index (χ2n) is 3.71. The van der Waals surface area contributed by atoms with Gasteiger partial charge in [0.15, 0.2) is 0 Å². The quantitative estimate of drug-likeness (QED) is 0.610. The highest BCUT2D eigenvalue weighted by Crippen LogP contribution is 2.15. The Morgan fingerprint density at radius 3 is 2.53 bits per heavy atom. The van der Waals surface area contributed by atoms with E-state index in [1.165, 1.54) is 9.99 Å². The van der Waals surface area contributed by atoms with Crippen molar-refractivity contribution in [3.8, 4) is 5.75 Å². The van der Waals surface area contributed by atoms with Gasteiger partial charge in [-0.15, -0.1) is 0 Å². The fourth-order valence-electron chi connectivity index (χ4n) is 1.27. The Balaban J connectivity index is 2.22. The topological polar surface area (TPSA) is 9.23 Å². The highest BCUT2D eigenvalue weighted by Gasteiger charge is 2.01. The van der Waals surface area contributed by atoms with Crippen LogP contribution in [0.4, 0.5) is 0 Å². The smallest absolute Gasteiger partial charge is 0.119 e. The van der Waals surface area contributed by atoms with Crippen LogP contribution >= 0.6 is 35.2 Å². The molecule has 1 aromatic carbocycles. The third-order valence-corrected chi connectivity index (χ3v) is 3.29. The zero-order valence-corrected chi connectivity index (χ0v) is 12.0. The summed E-state index contributed by atoms with van der Waals surface area (Å²) in [6.07, 6.45) is 2.27. The van der Waals surface area contributed by atoms with Crippen molar-refractivity contribution in [3.05, 3.63) is 27.8 Å². The Kier molecular flexibility index (Phi) is 6.48. The van der Waals surface area contributed by atoms with E-state index in [0.717, 1.165) is 24.5 Å². The molecule has 1 nitrogen and oxygen atoms in total. The van der Waals surface area contributed by atoms with E-state index in [4.69, 9.17) is 4.74 Å². The first-order chi connectivity index (χ1) is 7.22. The summed E-state index contributed by atoms with van der Waals surface area (Å²) in [7, 11) is 0. The molecule has 0 aliphatic carbocycles. The van der Waals surface area contributed by atoms with Crippen LogP contribution in [0.25, 0.3) is 0 Å². The summed E-state index contributed by atoms with van der Waals surface area (Å²) in [6, 6.07) is 8.16. The molecule has 0 amide bonds. The molecular weight excluding hydrogens is 319 g/mol. The normalized spacial score (nSPS) is 12.5. The standard InChI is InChI=1S/C12H17IOS/c1-10(7-9-15)6-8-14-12-4-2-11(13)3-5-12/h2-5,10,15H,6-9H2,1H3. The van der Waals surface area contributed by atoms with Crippen LogP contribution in [0, 0.1) is 9.49 Å². The largest absolute Gasteiger partial charge is 0.494 e. The van der Waals surface area contributed by atoms with Crippen molar-refractivity contribution in [1.82, 2.24) is 0 Å². The lowest BCUT2D eigenvalue weighted by Crippen LogP contribution is -2.04. The van der Waals surface area contributed by atoms with E-state index in [1.54, 1.807) is 0 Å². The molecule has 0 heterocycles. The van der Waals surface area contributed by atoms with Crippen LogP contribution in [-0.4, -0.2) is 12.4 Å². The second kappa shape index (κ2) is 7.39. The molecule has 1 unspecified atom stereocenters. The molecule has 15 heavy (non-hydrogen) atoms. The minimum atomic E-state index is 0.700. The molecule has 0 aliphatic rings. The summed E-state index contributed by atoms with van der Waals surface area (Å²) in [4.78, 5) is 0. The van der Waals surface area contributed by atoms with Crippen molar-refractivity contribution in [3.63, 3.8) is 0 Å². The molecule has 0 aliphatic heterocycles. The van der Waals surface area contributed by atoms with Gasteiger partial charge in [0.25, 0.3) is 0 Å². The van der Waals surface area contributed by atoms with E-state index in [0.29, 0.717) is 5.92 Å². The number of halogens is 1. The molecule has 0 saturated heterocycles. The fraction of sp³-hybridized carbons (Fsp3) is 0.500. The first-order valence-electron chi connectivity index (χ1n) is 5.21. The van der Waals surface area contributed by atoms with E-state index in [2.05, 4.69) is 54.3 Å². The van der Waals surface area contributed by atoms with E-state index < -0.39 is 0 Å². The fourth-order valence-corrected chi connectivity index (χ4v) is 2.07. The Morgan fingerprint density at radius 2 is 1.93 bits per heavy atom. The number of benzene rings is 1. The zero-order valence-electron chi connectivity index (χ0n) is 8.95. The molecule has 0 aromatic heterocycles. The number of thiol groups is 1. The first kappa shape index (κ1) is 13.2. The van der Waals surface area contributed by atoms with E-state index in [9.17, 15) is 0 Å². The maximum absolute atomic E-state index is 5.65. The van der Waals surface area contributed by atoms with Crippen molar-refractivity contribution in [1.29, 1.82) is 0 Å². The van der Waals surface area contributed by atoms with Crippen LogP contribution < -0.4 is 4.74 Å². The van der Waals surface area contributed by atoms with Crippen LogP contribution in [-0.2, 0) is 0 Å². The molecule has 0 spiro atoms. The van der Waals surface area contributed by atoms with Gasteiger partial charge in [0.2, 0.25) is 0 Å². The average Bonchev–Trinajstić information content (AvgIpc) is 2.21. The monoisotopic (exact) mass is 336 g/mol. The van der Waals surface area contributed by atoms with Gasteiger partial charge < -0.3 is 4.74 Å². The van der Waals surface area contributed by atoms with E-state index in [1.807, 2.05) is 12.1 Å². The Hall–Kier alpha value is 0.1000. The molecule has 84 valence electrons. The molecule has 1 rings (SSSR count). The van der Waals surface area contributed by atoms with Crippen LogP contribution in [0.5, 0.6) is 5.75 Å². The Morgan fingerprint density at radius 1 is 1.27 bits per heavy atom. The van der Waals surface area contributed by atoms with Gasteiger partial charge in [-0.2, -0.15) is 12.6 Å². The summed E-state index contributed by atoms with van der Waals surface area (Å²) in [5, 5.41) is 0. The Labute approximate surface area is 111 Å². The summed E-state index contributed by atoms with van der Waals surface area (Å²) in [5.74, 6) is 2.63. The number of rotatable bonds is 6. The van der Waals surface area contributed by atoms with Gasteiger partial charge in [0.1, 0.15) is 5.75 Å². The van der Waals surface area contributed by atoms with E-state index >= 15 is 0 Å². The molecule has 0 fully saturated rings. The number of ether oxygens (including phenoxy) is 1. The third kappa shape index (κ3) is 5.66. The van der Waals surface area contributed by atoms with Gasteiger partial charge in [-0.25, -0.2) is 0 Å². The highest BCUT2D eigenvalue weighted by atomic mass is 127. The molecule has 0 N–H and O–H groups in total.